The largest absolute Gasteiger partial charge is 0.497 e. The number of allylic oxidation sites excluding steroid dienone is 1. The summed E-state index contributed by atoms with van der Waals surface area (Å²) in [4.78, 5) is 43.4. The van der Waals surface area contributed by atoms with Gasteiger partial charge in [0.2, 0.25) is 0 Å². The molecule has 0 spiro atoms. The summed E-state index contributed by atoms with van der Waals surface area (Å²) in [5.74, 6) is 0.272. The minimum absolute atomic E-state index is 0.189. The number of hydrogen-bond donors (Lipinski definition) is 0. The van der Waals surface area contributed by atoms with Crippen LogP contribution in [0.5, 0.6) is 17.2 Å². The molecular formula is C27H25IN2O7S. The Balaban J connectivity index is 1.93. The van der Waals surface area contributed by atoms with E-state index in [4.69, 9.17) is 18.9 Å². The molecule has 1 aromatic heterocycles. The van der Waals surface area contributed by atoms with Gasteiger partial charge in [-0.3, -0.25) is 14.2 Å². The first-order valence-corrected chi connectivity index (χ1v) is 13.5. The molecule has 1 aliphatic heterocycles. The van der Waals surface area contributed by atoms with Crippen LogP contribution in [0.4, 0.5) is 0 Å². The van der Waals surface area contributed by atoms with Gasteiger partial charge in [-0.05, 0) is 77.9 Å². The molecule has 0 aliphatic carbocycles. The summed E-state index contributed by atoms with van der Waals surface area (Å²) in [5, 5.41) is 0. The molecule has 0 fully saturated rings. The molecular weight excluding hydrogens is 623 g/mol. The van der Waals surface area contributed by atoms with Crippen LogP contribution in [0.1, 0.15) is 37.9 Å². The van der Waals surface area contributed by atoms with E-state index in [9.17, 15) is 14.4 Å². The number of methoxy groups -OCH3 is 2. The van der Waals surface area contributed by atoms with E-state index in [2.05, 4.69) is 4.99 Å². The van der Waals surface area contributed by atoms with E-state index in [1.54, 1.807) is 57.4 Å². The van der Waals surface area contributed by atoms with E-state index in [1.165, 1.54) is 29.9 Å². The molecule has 3 aromatic rings. The summed E-state index contributed by atoms with van der Waals surface area (Å²) < 4.78 is 24.0. The summed E-state index contributed by atoms with van der Waals surface area (Å²) in [7, 11) is 3.03. The SMILES string of the molecule is CCOC(=O)C1=C(C)N=c2s/c(=C\c3cc(I)c(OC(C)=O)c(OC)c3)c(=O)n2[C@@H]1c1cccc(OC)c1. The smallest absolute Gasteiger partial charge is 0.338 e. The normalized spacial score (nSPS) is 15.0. The highest BCUT2D eigenvalue weighted by molar-refractivity contribution is 14.1. The molecule has 0 saturated heterocycles. The lowest BCUT2D eigenvalue weighted by Crippen LogP contribution is -2.39. The molecule has 0 saturated carbocycles. The molecule has 2 heterocycles. The highest BCUT2D eigenvalue weighted by Crippen LogP contribution is 2.35. The van der Waals surface area contributed by atoms with Crippen LogP contribution in [0.2, 0.25) is 0 Å². The first-order chi connectivity index (χ1) is 18.2. The third-order valence-corrected chi connectivity index (χ3v) is 7.51. The Morgan fingerprint density at radius 2 is 1.95 bits per heavy atom. The summed E-state index contributed by atoms with van der Waals surface area (Å²) in [5.41, 5.74) is 1.82. The molecule has 0 unspecified atom stereocenters. The monoisotopic (exact) mass is 648 g/mol. The minimum Gasteiger partial charge on any atom is -0.497 e. The number of halogens is 1. The number of ether oxygens (including phenoxy) is 4. The van der Waals surface area contributed by atoms with E-state index in [1.807, 2.05) is 28.7 Å². The quantitative estimate of drug-likeness (QED) is 0.220. The third-order valence-electron chi connectivity index (χ3n) is 5.72. The van der Waals surface area contributed by atoms with Crippen molar-refractivity contribution in [2.45, 2.75) is 26.8 Å². The molecule has 38 heavy (non-hydrogen) atoms. The highest BCUT2D eigenvalue weighted by Gasteiger charge is 2.33. The van der Waals surface area contributed by atoms with Crippen molar-refractivity contribution in [2.24, 2.45) is 4.99 Å². The standard InChI is InChI=1S/C27H25IN2O7S/c1-6-36-26(33)22-14(2)29-27-30(23(22)17-8-7-9-18(13-17)34-4)25(32)21(38-27)12-16-10-19(28)24(37-15(3)31)20(11-16)35-5/h7-13,23H,6H2,1-5H3/b21-12-/t23-/m1/s1. The number of hydrogen-bond acceptors (Lipinski definition) is 9. The lowest BCUT2D eigenvalue weighted by Gasteiger charge is -2.25. The maximum absolute atomic E-state index is 13.8. The van der Waals surface area contributed by atoms with Gasteiger partial charge in [-0.2, -0.15) is 0 Å². The minimum atomic E-state index is -0.747. The van der Waals surface area contributed by atoms with Gasteiger partial charge in [0.05, 0.1) is 46.2 Å². The van der Waals surface area contributed by atoms with Crippen LogP contribution in [-0.4, -0.2) is 37.3 Å². The van der Waals surface area contributed by atoms with Gasteiger partial charge in [0, 0.05) is 6.92 Å². The number of esters is 2. The van der Waals surface area contributed by atoms with Crippen LogP contribution in [0, 0.1) is 3.57 Å². The summed E-state index contributed by atoms with van der Waals surface area (Å²) in [6, 6.07) is 9.96. The molecule has 0 radical (unpaired) electrons. The molecule has 11 heteroatoms. The molecule has 0 N–H and O–H groups in total. The fraction of sp³-hybridized carbons (Fsp3) is 0.259. The Hall–Kier alpha value is -3.45. The Morgan fingerprint density at radius 3 is 2.61 bits per heavy atom. The second kappa shape index (κ2) is 11.5. The van der Waals surface area contributed by atoms with Crippen molar-refractivity contribution in [3.63, 3.8) is 0 Å². The van der Waals surface area contributed by atoms with Gasteiger partial charge in [0.1, 0.15) is 5.75 Å². The molecule has 198 valence electrons. The van der Waals surface area contributed by atoms with Gasteiger partial charge >= 0.3 is 11.9 Å². The summed E-state index contributed by atoms with van der Waals surface area (Å²) in [6.45, 7) is 4.97. The fourth-order valence-electron chi connectivity index (χ4n) is 4.14. The number of carbonyl (C=O) groups excluding carboxylic acids is 2. The maximum atomic E-state index is 13.8. The molecule has 9 nitrogen and oxygen atoms in total. The average molecular weight is 648 g/mol. The van der Waals surface area contributed by atoms with E-state index in [0.29, 0.717) is 52.5 Å². The number of fused-ring (bicyclic) bond motifs is 1. The van der Waals surface area contributed by atoms with E-state index in [-0.39, 0.29) is 12.2 Å². The van der Waals surface area contributed by atoms with Gasteiger partial charge in [-0.1, -0.05) is 23.5 Å². The van der Waals surface area contributed by atoms with Crippen molar-refractivity contribution in [1.82, 2.24) is 4.57 Å². The third kappa shape index (κ3) is 5.39. The van der Waals surface area contributed by atoms with Gasteiger partial charge in [0.25, 0.3) is 5.56 Å². The van der Waals surface area contributed by atoms with Crippen molar-refractivity contribution in [1.29, 1.82) is 0 Å². The van der Waals surface area contributed by atoms with Crippen LogP contribution in [0.15, 0.2) is 57.5 Å². The first-order valence-electron chi connectivity index (χ1n) is 11.6. The van der Waals surface area contributed by atoms with Gasteiger partial charge < -0.3 is 18.9 Å². The van der Waals surface area contributed by atoms with E-state index < -0.39 is 18.0 Å². The van der Waals surface area contributed by atoms with Crippen molar-refractivity contribution in [3.8, 4) is 17.2 Å². The number of thiazole rings is 1. The molecule has 1 atom stereocenters. The summed E-state index contributed by atoms with van der Waals surface area (Å²) in [6.07, 6.45) is 1.72. The van der Waals surface area contributed by atoms with Crippen molar-refractivity contribution < 1.29 is 28.5 Å². The molecule has 2 aromatic carbocycles. The Morgan fingerprint density at radius 1 is 1.18 bits per heavy atom. The van der Waals surface area contributed by atoms with Crippen molar-refractivity contribution >= 4 is 51.9 Å². The van der Waals surface area contributed by atoms with Gasteiger partial charge in [0.15, 0.2) is 16.3 Å². The number of benzene rings is 2. The number of carbonyl (C=O) groups is 2. The van der Waals surface area contributed by atoms with Crippen LogP contribution in [-0.2, 0) is 14.3 Å². The number of aromatic nitrogens is 1. The number of nitrogens with zero attached hydrogens (tertiary/aromatic N) is 2. The maximum Gasteiger partial charge on any atom is 0.338 e. The first kappa shape index (κ1) is 27.6. The van der Waals surface area contributed by atoms with Crippen LogP contribution in [0.3, 0.4) is 0 Å². The topological polar surface area (TPSA) is 105 Å². The lowest BCUT2D eigenvalue weighted by molar-refractivity contribution is -0.139. The molecule has 4 rings (SSSR count). The van der Waals surface area contributed by atoms with Gasteiger partial charge in [-0.15, -0.1) is 0 Å². The zero-order valence-electron chi connectivity index (χ0n) is 21.4. The second-order valence-electron chi connectivity index (χ2n) is 8.21. The zero-order chi connectivity index (χ0) is 27.6. The van der Waals surface area contributed by atoms with Crippen molar-refractivity contribution in [3.05, 3.63) is 82.1 Å². The van der Waals surface area contributed by atoms with Crippen molar-refractivity contribution in [2.75, 3.05) is 20.8 Å². The molecule has 0 amide bonds. The van der Waals surface area contributed by atoms with Crippen LogP contribution < -0.4 is 29.1 Å². The predicted molar refractivity (Wildman–Crippen MR) is 150 cm³/mol. The molecule has 1 aliphatic rings. The Kier molecular flexibility index (Phi) is 8.36. The average Bonchev–Trinajstić information content (AvgIpc) is 3.18. The fourth-order valence-corrected chi connectivity index (χ4v) is 5.92. The highest BCUT2D eigenvalue weighted by atomic mass is 127. The van der Waals surface area contributed by atoms with E-state index in [0.717, 1.165) is 0 Å². The predicted octanol–water partition coefficient (Wildman–Crippen LogP) is 3.35. The Labute approximate surface area is 236 Å². The number of rotatable bonds is 7. The lowest BCUT2D eigenvalue weighted by atomic mass is 9.95. The van der Waals surface area contributed by atoms with Gasteiger partial charge in [-0.25, -0.2) is 9.79 Å². The summed E-state index contributed by atoms with van der Waals surface area (Å²) >= 11 is 3.26. The van der Waals surface area contributed by atoms with Crippen LogP contribution >= 0.6 is 33.9 Å². The van der Waals surface area contributed by atoms with Crippen LogP contribution in [0.25, 0.3) is 6.08 Å². The zero-order valence-corrected chi connectivity index (χ0v) is 24.3. The molecule has 0 bridgehead atoms. The second-order valence-corrected chi connectivity index (χ2v) is 10.4. The van der Waals surface area contributed by atoms with E-state index >= 15 is 0 Å². The Bertz CT molecular complexity index is 1640.